The zero-order chi connectivity index (χ0) is 12.0. The molecule has 0 bridgehead atoms. The molecule has 6 heteroatoms. The van der Waals surface area contributed by atoms with Crippen LogP contribution in [0.1, 0.15) is 10.4 Å². The highest BCUT2D eigenvalue weighted by Crippen LogP contribution is 2.09. The maximum atomic E-state index is 11.5. The molecule has 0 saturated carbocycles. The van der Waals surface area contributed by atoms with Crippen molar-refractivity contribution in [1.82, 2.24) is 10.6 Å². The molecular weight excluding hydrogens is 210 g/mol. The first-order chi connectivity index (χ1) is 7.65. The lowest BCUT2D eigenvalue weighted by Crippen LogP contribution is -2.40. The molecule has 0 aliphatic carbocycles. The summed E-state index contributed by atoms with van der Waals surface area (Å²) >= 11 is 0. The molecule has 0 radical (unpaired) electrons. The van der Waals surface area contributed by atoms with Crippen LogP contribution in [0, 0.1) is 0 Å². The number of ether oxygens (including phenoxy) is 1. The number of nitrogen functional groups attached to an aromatic ring is 1. The number of anilines is 1. The van der Waals surface area contributed by atoms with E-state index in [2.05, 4.69) is 15.4 Å². The molecule has 0 aromatic heterocycles. The minimum Gasteiger partial charge on any atom is -0.398 e. The third-order valence-corrected chi connectivity index (χ3v) is 1.81. The van der Waals surface area contributed by atoms with Crippen molar-refractivity contribution >= 4 is 17.6 Å². The van der Waals surface area contributed by atoms with Gasteiger partial charge in [-0.15, -0.1) is 0 Å². The number of imide groups is 1. The van der Waals surface area contributed by atoms with Gasteiger partial charge in [-0.2, -0.15) is 0 Å². The maximum absolute atomic E-state index is 11.5. The standard InChI is InChI=1S/C10H13N3O3/c1-16-6-12-10(15)13-9(14)7-4-2-3-5-8(7)11/h2-5H,6,11H2,1H3,(H2,12,13,14,15). The number of para-hydroxylation sites is 1. The van der Waals surface area contributed by atoms with Crippen molar-refractivity contribution < 1.29 is 14.3 Å². The number of carbonyl (C=O) groups excluding carboxylic acids is 2. The molecule has 1 rings (SSSR count). The number of benzene rings is 1. The van der Waals surface area contributed by atoms with Crippen LogP contribution in [-0.4, -0.2) is 25.8 Å². The van der Waals surface area contributed by atoms with Crippen LogP contribution >= 0.6 is 0 Å². The number of methoxy groups -OCH3 is 1. The third kappa shape index (κ3) is 3.25. The molecule has 0 unspecified atom stereocenters. The van der Waals surface area contributed by atoms with Gasteiger partial charge in [0.05, 0.1) is 5.56 Å². The van der Waals surface area contributed by atoms with Crippen molar-refractivity contribution in [3.8, 4) is 0 Å². The largest absolute Gasteiger partial charge is 0.398 e. The smallest absolute Gasteiger partial charge is 0.323 e. The predicted molar refractivity (Wildman–Crippen MR) is 58.7 cm³/mol. The zero-order valence-electron chi connectivity index (χ0n) is 8.82. The van der Waals surface area contributed by atoms with E-state index in [1.807, 2.05) is 0 Å². The number of nitrogens with one attached hydrogen (secondary N) is 2. The average Bonchev–Trinajstić information content (AvgIpc) is 2.26. The van der Waals surface area contributed by atoms with Gasteiger partial charge in [0.2, 0.25) is 0 Å². The number of nitrogens with two attached hydrogens (primary N) is 1. The SMILES string of the molecule is COCNC(=O)NC(=O)c1ccccc1N. The van der Waals surface area contributed by atoms with Crippen LogP contribution in [0.3, 0.4) is 0 Å². The Labute approximate surface area is 92.8 Å². The van der Waals surface area contributed by atoms with Gasteiger partial charge in [0.25, 0.3) is 5.91 Å². The fourth-order valence-corrected chi connectivity index (χ4v) is 1.06. The highest BCUT2D eigenvalue weighted by molar-refractivity contribution is 6.07. The topological polar surface area (TPSA) is 93.5 Å². The fourth-order valence-electron chi connectivity index (χ4n) is 1.06. The molecule has 16 heavy (non-hydrogen) atoms. The van der Waals surface area contributed by atoms with E-state index in [4.69, 9.17) is 5.73 Å². The molecule has 0 aliphatic rings. The van der Waals surface area contributed by atoms with E-state index in [9.17, 15) is 9.59 Å². The molecule has 0 saturated heterocycles. The van der Waals surface area contributed by atoms with Crippen molar-refractivity contribution in [3.63, 3.8) is 0 Å². The van der Waals surface area contributed by atoms with Gasteiger partial charge in [0.15, 0.2) is 0 Å². The van der Waals surface area contributed by atoms with Crippen LogP contribution in [-0.2, 0) is 4.74 Å². The van der Waals surface area contributed by atoms with E-state index < -0.39 is 11.9 Å². The van der Waals surface area contributed by atoms with Gasteiger partial charge in [-0.3, -0.25) is 10.1 Å². The highest BCUT2D eigenvalue weighted by Gasteiger charge is 2.11. The number of amides is 3. The van der Waals surface area contributed by atoms with E-state index in [0.717, 1.165) is 0 Å². The Morgan fingerprint density at radius 2 is 2.06 bits per heavy atom. The molecule has 3 amide bonds. The summed E-state index contributed by atoms with van der Waals surface area (Å²) in [6.45, 7) is 0.0311. The van der Waals surface area contributed by atoms with Crippen molar-refractivity contribution in [2.75, 3.05) is 19.6 Å². The van der Waals surface area contributed by atoms with Gasteiger partial charge >= 0.3 is 6.03 Å². The summed E-state index contributed by atoms with van der Waals surface area (Å²) in [5, 5.41) is 4.44. The quantitative estimate of drug-likeness (QED) is 0.508. The molecule has 6 nitrogen and oxygen atoms in total. The van der Waals surface area contributed by atoms with Crippen molar-refractivity contribution in [2.24, 2.45) is 0 Å². The molecule has 0 fully saturated rings. The van der Waals surface area contributed by atoms with Crippen LogP contribution in [0.2, 0.25) is 0 Å². The fraction of sp³-hybridized carbons (Fsp3) is 0.200. The van der Waals surface area contributed by atoms with Gasteiger partial charge in [-0.25, -0.2) is 4.79 Å². The van der Waals surface area contributed by atoms with E-state index in [0.29, 0.717) is 5.69 Å². The minimum atomic E-state index is -0.630. The Kier molecular flexibility index (Phi) is 4.28. The van der Waals surface area contributed by atoms with E-state index in [1.165, 1.54) is 13.2 Å². The van der Waals surface area contributed by atoms with Gasteiger partial charge in [0, 0.05) is 12.8 Å². The van der Waals surface area contributed by atoms with Crippen LogP contribution < -0.4 is 16.4 Å². The molecule has 1 aromatic rings. The van der Waals surface area contributed by atoms with Crippen LogP contribution in [0.4, 0.5) is 10.5 Å². The predicted octanol–water partition coefficient (Wildman–Crippen LogP) is 0.312. The Morgan fingerprint density at radius 1 is 1.38 bits per heavy atom. The van der Waals surface area contributed by atoms with Crippen molar-refractivity contribution in [1.29, 1.82) is 0 Å². The Balaban J connectivity index is 2.59. The zero-order valence-corrected chi connectivity index (χ0v) is 8.82. The molecule has 0 atom stereocenters. The van der Waals surface area contributed by atoms with E-state index in [1.54, 1.807) is 18.2 Å². The Morgan fingerprint density at radius 3 is 2.69 bits per heavy atom. The molecular formula is C10H13N3O3. The first-order valence-corrected chi connectivity index (χ1v) is 4.57. The summed E-state index contributed by atoms with van der Waals surface area (Å²) in [5.41, 5.74) is 6.16. The van der Waals surface area contributed by atoms with E-state index >= 15 is 0 Å². The van der Waals surface area contributed by atoms with Gasteiger partial charge < -0.3 is 15.8 Å². The number of rotatable bonds is 3. The summed E-state index contributed by atoms with van der Waals surface area (Å²) in [7, 11) is 1.43. The van der Waals surface area contributed by atoms with E-state index in [-0.39, 0.29) is 12.3 Å². The molecule has 86 valence electrons. The number of hydrogen-bond donors (Lipinski definition) is 3. The van der Waals surface area contributed by atoms with Gasteiger partial charge in [0.1, 0.15) is 6.73 Å². The normalized spacial score (nSPS) is 9.56. The summed E-state index contributed by atoms with van der Waals surface area (Å²) in [4.78, 5) is 22.7. The lowest BCUT2D eigenvalue weighted by Gasteiger charge is -2.07. The first-order valence-electron chi connectivity index (χ1n) is 4.57. The summed E-state index contributed by atoms with van der Waals surface area (Å²) in [6.07, 6.45) is 0. The second kappa shape index (κ2) is 5.72. The monoisotopic (exact) mass is 223 g/mol. The molecule has 0 spiro atoms. The second-order valence-electron chi connectivity index (χ2n) is 2.98. The lowest BCUT2D eigenvalue weighted by molar-refractivity contribution is 0.0960. The summed E-state index contributed by atoms with van der Waals surface area (Å²) < 4.78 is 4.62. The second-order valence-corrected chi connectivity index (χ2v) is 2.98. The maximum Gasteiger partial charge on any atom is 0.323 e. The Bertz CT molecular complexity index is 393. The Hall–Kier alpha value is -2.08. The average molecular weight is 223 g/mol. The van der Waals surface area contributed by atoms with Crippen LogP contribution in [0.25, 0.3) is 0 Å². The minimum absolute atomic E-state index is 0.0311. The molecule has 0 heterocycles. The highest BCUT2D eigenvalue weighted by atomic mass is 16.5. The third-order valence-electron chi connectivity index (χ3n) is 1.81. The first kappa shape index (κ1) is 12.0. The van der Waals surface area contributed by atoms with Crippen LogP contribution in [0.5, 0.6) is 0 Å². The van der Waals surface area contributed by atoms with Crippen molar-refractivity contribution in [2.45, 2.75) is 0 Å². The summed E-state index contributed by atoms with van der Waals surface area (Å²) in [6, 6.07) is 5.86. The van der Waals surface area contributed by atoms with Crippen molar-refractivity contribution in [3.05, 3.63) is 29.8 Å². The number of hydrogen-bond acceptors (Lipinski definition) is 4. The molecule has 1 aromatic carbocycles. The molecule has 4 N–H and O–H groups in total. The number of carbonyl (C=O) groups is 2. The molecule has 0 aliphatic heterocycles. The van der Waals surface area contributed by atoms with Gasteiger partial charge in [-0.1, -0.05) is 12.1 Å². The summed E-state index contributed by atoms with van der Waals surface area (Å²) in [5.74, 6) is -0.549. The van der Waals surface area contributed by atoms with Crippen LogP contribution in [0.15, 0.2) is 24.3 Å². The lowest BCUT2D eigenvalue weighted by atomic mass is 10.2. The number of urea groups is 1. The van der Waals surface area contributed by atoms with Gasteiger partial charge in [-0.05, 0) is 12.1 Å².